The van der Waals surface area contributed by atoms with Gasteiger partial charge in [-0.25, -0.2) is 14.4 Å². The largest absolute Gasteiger partial charge is 0.481 e. The van der Waals surface area contributed by atoms with E-state index in [2.05, 4.69) is 12.6 Å². The fourth-order valence-electron chi connectivity index (χ4n) is 0.656. The van der Waals surface area contributed by atoms with Crippen LogP contribution in [0, 0.1) is 0 Å². The van der Waals surface area contributed by atoms with Gasteiger partial charge in [0.15, 0.2) is 0 Å². The van der Waals surface area contributed by atoms with Crippen LogP contribution in [0.2, 0.25) is 0 Å². The molecule has 4 N–H and O–H groups in total. The first-order valence-electron chi connectivity index (χ1n) is 4.14. The predicted octanol–water partition coefficient (Wildman–Crippen LogP) is -1.47. The molecule has 0 fully saturated rings. The van der Waals surface area contributed by atoms with Gasteiger partial charge in [0.2, 0.25) is 0 Å². The number of carboxylic acid groups (broad SMARTS) is 1. The molecule has 9 heteroatoms. The van der Waals surface area contributed by atoms with Crippen molar-refractivity contribution in [3.8, 4) is 0 Å². The zero-order chi connectivity index (χ0) is 12.7. The molecule has 0 spiro atoms. The van der Waals surface area contributed by atoms with Gasteiger partial charge in [0.25, 0.3) is 0 Å². The van der Waals surface area contributed by atoms with Gasteiger partial charge in [0.05, 0.1) is 6.42 Å². The Kier molecular flexibility index (Phi) is 5.93. The Morgan fingerprint density at radius 3 is 1.62 bits per heavy atom. The number of rotatable bonds is 2. The summed E-state index contributed by atoms with van der Waals surface area (Å²) >= 11 is 3.86. The van der Waals surface area contributed by atoms with Gasteiger partial charge in [-0.2, -0.15) is 12.6 Å². The van der Waals surface area contributed by atoms with Crippen LogP contribution in [-0.2, 0) is 4.79 Å². The number of carboxylic acids is 1. The van der Waals surface area contributed by atoms with Crippen molar-refractivity contribution in [3.63, 3.8) is 0 Å². The Morgan fingerprint density at radius 2 is 1.50 bits per heavy atom. The van der Waals surface area contributed by atoms with Crippen LogP contribution < -0.4 is 17.1 Å². The molecule has 0 radical (unpaired) electrons. The predicted molar refractivity (Wildman–Crippen MR) is 59.0 cm³/mol. The molecule has 1 aromatic rings. The molecule has 1 heterocycles. The van der Waals surface area contributed by atoms with Gasteiger partial charge >= 0.3 is 23.0 Å². The molecule has 1 aromatic heterocycles. The minimum atomic E-state index is -0.802. The van der Waals surface area contributed by atoms with Crippen LogP contribution in [0.4, 0.5) is 0 Å². The van der Waals surface area contributed by atoms with E-state index < -0.39 is 23.0 Å². The molecule has 0 amide bonds. The lowest BCUT2D eigenvalue weighted by molar-refractivity contribution is -0.136. The lowest BCUT2D eigenvalue weighted by atomic mass is 10.3. The number of aromatic nitrogens is 3. The van der Waals surface area contributed by atoms with Crippen molar-refractivity contribution < 1.29 is 9.90 Å². The van der Waals surface area contributed by atoms with Gasteiger partial charge in [-0.3, -0.25) is 19.7 Å². The molecular formula is C7H11N3O5S. The average Bonchev–Trinajstić information content (AvgIpc) is 1.97. The highest BCUT2D eigenvalue weighted by molar-refractivity contribution is 7.80. The van der Waals surface area contributed by atoms with Crippen LogP contribution in [0.5, 0.6) is 0 Å². The van der Waals surface area contributed by atoms with Crippen molar-refractivity contribution in [3.05, 3.63) is 31.5 Å². The molecule has 90 valence electrons. The third-order valence-electron chi connectivity index (χ3n) is 1.15. The van der Waals surface area contributed by atoms with Gasteiger partial charge in [-0.05, 0) is 0 Å². The molecule has 0 aliphatic rings. The zero-order valence-corrected chi connectivity index (χ0v) is 9.21. The van der Waals surface area contributed by atoms with E-state index in [0.717, 1.165) is 0 Å². The number of hydrogen-bond donors (Lipinski definition) is 5. The maximum absolute atomic E-state index is 10.2. The molecule has 1 rings (SSSR count). The molecule has 0 saturated carbocycles. The molecule has 8 nitrogen and oxygen atoms in total. The molecular weight excluding hydrogens is 238 g/mol. The quantitative estimate of drug-likeness (QED) is 0.408. The summed E-state index contributed by atoms with van der Waals surface area (Å²) in [5.41, 5.74) is -2.41. The third kappa shape index (κ3) is 7.62. The molecule has 0 saturated heterocycles. The number of nitrogens with one attached hydrogen (secondary N) is 3. The second kappa shape index (κ2) is 6.67. The summed E-state index contributed by atoms with van der Waals surface area (Å²) in [5, 5.41) is 8.00. The minimum absolute atomic E-state index is 0.0301. The topological polar surface area (TPSA) is 136 Å². The smallest absolute Gasteiger partial charge is 0.330 e. The minimum Gasteiger partial charge on any atom is -0.481 e. The summed E-state index contributed by atoms with van der Waals surface area (Å²) < 4.78 is 0. The molecule has 0 bridgehead atoms. The van der Waals surface area contributed by atoms with Crippen LogP contribution in [0.3, 0.4) is 0 Å². The first-order chi connectivity index (χ1) is 7.31. The lowest BCUT2D eigenvalue weighted by Gasteiger charge is -1.93. The Balaban J connectivity index is 0.000000293. The highest BCUT2D eigenvalue weighted by Crippen LogP contribution is 1.96. The SMILES string of the molecule is CC(S)CC(=O)O.O=c1[nH]c(=O)[nH]c(=O)[nH]1. The van der Waals surface area contributed by atoms with Crippen LogP contribution >= 0.6 is 12.6 Å². The fourth-order valence-corrected chi connectivity index (χ4v) is 0.812. The Bertz CT molecular complexity index is 421. The van der Waals surface area contributed by atoms with Gasteiger partial charge < -0.3 is 5.11 Å². The van der Waals surface area contributed by atoms with E-state index in [-0.39, 0.29) is 11.7 Å². The van der Waals surface area contributed by atoms with Crippen molar-refractivity contribution in [1.29, 1.82) is 0 Å². The number of carbonyl (C=O) groups is 1. The van der Waals surface area contributed by atoms with Crippen molar-refractivity contribution in [1.82, 2.24) is 15.0 Å². The Hall–Kier alpha value is -1.77. The Labute approximate surface area is 94.2 Å². The first kappa shape index (κ1) is 14.2. The number of H-pyrrole nitrogens is 3. The first-order valence-corrected chi connectivity index (χ1v) is 4.65. The summed E-state index contributed by atoms with van der Waals surface area (Å²) in [6.07, 6.45) is 0.142. The van der Waals surface area contributed by atoms with Crippen molar-refractivity contribution >= 4 is 18.6 Å². The molecule has 16 heavy (non-hydrogen) atoms. The molecule has 1 atom stereocenters. The summed E-state index contributed by atoms with van der Waals surface area (Å²) in [6.45, 7) is 1.75. The summed E-state index contributed by atoms with van der Waals surface area (Å²) in [7, 11) is 0. The highest BCUT2D eigenvalue weighted by atomic mass is 32.1. The molecule has 0 aromatic carbocycles. The van der Waals surface area contributed by atoms with E-state index in [1.165, 1.54) is 0 Å². The van der Waals surface area contributed by atoms with Gasteiger partial charge in [0.1, 0.15) is 0 Å². The van der Waals surface area contributed by atoms with E-state index in [1.807, 2.05) is 0 Å². The normalized spacial score (nSPS) is 11.1. The number of thiol groups is 1. The molecule has 0 aliphatic carbocycles. The van der Waals surface area contributed by atoms with Crippen molar-refractivity contribution in [2.75, 3.05) is 0 Å². The lowest BCUT2D eigenvalue weighted by Crippen LogP contribution is -2.34. The second-order valence-electron chi connectivity index (χ2n) is 2.81. The molecule has 0 aliphatic heterocycles. The fraction of sp³-hybridized carbons (Fsp3) is 0.429. The van der Waals surface area contributed by atoms with Crippen LogP contribution in [0.1, 0.15) is 13.3 Å². The number of aliphatic carboxylic acids is 1. The van der Waals surface area contributed by atoms with Crippen molar-refractivity contribution in [2.45, 2.75) is 18.6 Å². The summed E-state index contributed by atoms with van der Waals surface area (Å²) in [5.74, 6) is -0.789. The molecule has 1 unspecified atom stereocenters. The van der Waals surface area contributed by atoms with Gasteiger partial charge in [-0.15, -0.1) is 0 Å². The summed E-state index contributed by atoms with van der Waals surface area (Å²) in [6, 6.07) is 0. The van der Waals surface area contributed by atoms with Crippen LogP contribution in [0.25, 0.3) is 0 Å². The monoisotopic (exact) mass is 249 g/mol. The Morgan fingerprint density at radius 1 is 1.19 bits per heavy atom. The number of hydrogen-bond acceptors (Lipinski definition) is 5. The maximum Gasteiger partial charge on any atom is 0.330 e. The van der Waals surface area contributed by atoms with Crippen LogP contribution in [0.15, 0.2) is 14.4 Å². The van der Waals surface area contributed by atoms with Gasteiger partial charge in [0, 0.05) is 5.25 Å². The third-order valence-corrected chi connectivity index (χ3v) is 1.33. The second-order valence-corrected chi connectivity index (χ2v) is 3.69. The van der Waals surface area contributed by atoms with E-state index >= 15 is 0 Å². The van der Waals surface area contributed by atoms with Gasteiger partial charge in [-0.1, -0.05) is 6.92 Å². The van der Waals surface area contributed by atoms with E-state index in [9.17, 15) is 19.2 Å². The average molecular weight is 249 g/mol. The van der Waals surface area contributed by atoms with Crippen molar-refractivity contribution in [2.24, 2.45) is 0 Å². The highest BCUT2D eigenvalue weighted by Gasteiger charge is 1.99. The zero-order valence-electron chi connectivity index (χ0n) is 8.31. The van der Waals surface area contributed by atoms with E-state index in [0.29, 0.717) is 0 Å². The maximum atomic E-state index is 10.2. The summed E-state index contributed by atoms with van der Waals surface area (Å²) in [4.78, 5) is 45.7. The van der Waals surface area contributed by atoms with E-state index in [4.69, 9.17) is 5.11 Å². The van der Waals surface area contributed by atoms with E-state index in [1.54, 1.807) is 21.9 Å². The number of aromatic amines is 3. The standard InChI is InChI=1S/C4H8O2S.C3H3N3O3/c1-3(7)2-4(5)6;7-1-4-2(8)6-3(9)5-1/h3,7H,2H2,1H3,(H,5,6);(H3,4,5,6,7,8,9). The van der Waals surface area contributed by atoms with Crippen LogP contribution in [-0.4, -0.2) is 31.3 Å².